The first kappa shape index (κ1) is 25.0. The number of aryl methyl sites for hydroxylation is 2. The average Bonchev–Trinajstić information content (AvgIpc) is 3.20. The van der Waals surface area contributed by atoms with E-state index in [1.165, 1.54) is 35.4 Å². The van der Waals surface area contributed by atoms with Gasteiger partial charge in [0, 0.05) is 36.8 Å². The number of carbonyl (C=O) groups excluding carboxylic acids is 2. The van der Waals surface area contributed by atoms with Crippen LogP contribution in [0.2, 0.25) is 0 Å². The first-order valence-electron chi connectivity index (χ1n) is 11.2. The molecule has 2 amide bonds. The minimum atomic E-state index is -0.741. The van der Waals surface area contributed by atoms with Crippen molar-refractivity contribution in [2.75, 3.05) is 15.5 Å². The second-order valence-corrected chi connectivity index (χ2v) is 7.96. The number of benzene rings is 2. The smallest absolute Gasteiger partial charge is 0.420 e. The molecule has 188 valence electrons. The molecule has 37 heavy (non-hydrogen) atoms. The summed E-state index contributed by atoms with van der Waals surface area (Å²) in [6.07, 6.45) is 3.74. The number of ether oxygens (including phenoxy) is 1. The Hall–Kier alpha value is -5.06. The van der Waals surface area contributed by atoms with Crippen LogP contribution in [0.1, 0.15) is 11.1 Å². The molecule has 10 nitrogen and oxygen atoms in total. The molecule has 0 unspecified atom stereocenters. The molecule has 0 aliphatic rings. The maximum atomic E-state index is 13.3. The fourth-order valence-electron chi connectivity index (χ4n) is 3.41. The fourth-order valence-corrected chi connectivity index (χ4v) is 3.41. The van der Waals surface area contributed by atoms with Gasteiger partial charge in [-0.1, -0.05) is 24.8 Å². The molecule has 0 saturated heterocycles. The maximum Gasteiger partial charge on any atom is 0.420 e. The van der Waals surface area contributed by atoms with E-state index >= 15 is 0 Å². The molecule has 2 N–H and O–H groups in total. The molecule has 0 atom stereocenters. The lowest BCUT2D eigenvalue weighted by Crippen LogP contribution is -2.28. The van der Waals surface area contributed by atoms with Crippen molar-refractivity contribution in [1.29, 1.82) is 0 Å². The van der Waals surface area contributed by atoms with Crippen LogP contribution < -0.4 is 15.5 Å². The zero-order valence-corrected chi connectivity index (χ0v) is 20.2. The molecule has 4 rings (SSSR count). The summed E-state index contributed by atoms with van der Waals surface area (Å²) in [5.74, 6) is 0.203. The van der Waals surface area contributed by atoms with E-state index in [9.17, 15) is 14.0 Å². The van der Waals surface area contributed by atoms with E-state index in [1.807, 2.05) is 13.1 Å². The van der Waals surface area contributed by atoms with Crippen LogP contribution >= 0.6 is 0 Å². The van der Waals surface area contributed by atoms with Gasteiger partial charge in [0.25, 0.3) is 0 Å². The molecule has 0 fully saturated rings. The summed E-state index contributed by atoms with van der Waals surface area (Å²) in [5, 5.41) is 10.1. The number of nitrogens with one attached hydrogen (secondary N) is 2. The topological polar surface area (TPSA) is 114 Å². The standard InChI is InChI=1S/C26H24FN7O3/c1-4-23(35)29-20-6-5-7-21(14-20)34(26(36)37-16-18-8-10-19(27)11-9-18)22-12-13-28-25(30-22)31-24-17(2)15-33(3)32-24/h4-15H,1,16H2,2-3H3,(H,29,35)(H,28,30,31,32). The summed E-state index contributed by atoms with van der Waals surface area (Å²) in [5.41, 5.74) is 2.31. The molecular formula is C26H24FN7O3. The summed E-state index contributed by atoms with van der Waals surface area (Å²) >= 11 is 0. The minimum absolute atomic E-state index is 0.0914. The van der Waals surface area contributed by atoms with Crippen molar-refractivity contribution < 1.29 is 18.7 Å². The quantitative estimate of drug-likeness (QED) is 0.327. The highest BCUT2D eigenvalue weighted by molar-refractivity contribution is 6.00. The summed E-state index contributed by atoms with van der Waals surface area (Å²) in [6, 6.07) is 13.8. The molecule has 0 saturated carbocycles. The van der Waals surface area contributed by atoms with Gasteiger partial charge in [-0.2, -0.15) is 10.1 Å². The number of rotatable bonds is 8. The van der Waals surface area contributed by atoms with Gasteiger partial charge in [-0.3, -0.25) is 9.48 Å². The zero-order valence-electron chi connectivity index (χ0n) is 20.2. The van der Waals surface area contributed by atoms with Gasteiger partial charge in [-0.05, 0) is 48.9 Å². The molecule has 0 spiro atoms. The van der Waals surface area contributed by atoms with E-state index in [-0.39, 0.29) is 24.2 Å². The summed E-state index contributed by atoms with van der Waals surface area (Å²) in [6.45, 7) is 5.25. The number of anilines is 5. The second kappa shape index (κ2) is 11.1. The summed E-state index contributed by atoms with van der Waals surface area (Å²) < 4.78 is 20.4. The number of nitrogens with zero attached hydrogens (tertiary/aromatic N) is 5. The van der Waals surface area contributed by atoms with Gasteiger partial charge in [-0.15, -0.1) is 0 Å². The van der Waals surface area contributed by atoms with Gasteiger partial charge in [0.05, 0.1) is 5.69 Å². The Bertz CT molecular complexity index is 1440. The normalized spacial score (nSPS) is 10.5. The van der Waals surface area contributed by atoms with Crippen LogP contribution in [-0.2, 0) is 23.2 Å². The lowest BCUT2D eigenvalue weighted by Gasteiger charge is -2.22. The number of hydrogen-bond acceptors (Lipinski definition) is 7. The molecule has 2 heterocycles. The van der Waals surface area contributed by atoms with Crippen molar-refractivity contribution in [2.45, 2.75) is 13.5 Å². The van der Waals surface area contributed by atoms with Crippen LogP contribution in [0.5, 0.6) is 0 Å². The molecule has 0 aliphatic carbocycles. The molecule has 2 aromatic carbocycles. The lowest BCUT2D eigenvalue weighted by atomic mass is 10.2. The van der Waals surface area contributed by atoms with Crippen LogP contribution in [0, 0.1) is 12.7 Å². The SMILES string of the molecule is C=CC(=O)Nc1cccc(N(C(=O)OCc2ccc(F)cc2)c2ccnc(Nc3nn(C)cc3C)n2)c1. The van der Waals surface area contributed by atoms with Crippen LogP contribution in [-0.4, -0.2) is 31.7 Å². The zero-order chi connectivity index (χ0) is 26.4. The van der Waals surface area contributed by atoms with Gasteiger partial charge >= 0.3 is 6.09 Å². The predicted octanol–water partition coefficient (Wildman–Crippen LogP) is 5.00. The number of hydrogen-bond donors (Lipinski definition) is 2. The van der Waals surface area contributed by atoms with E-state index in [4.69, 9.17) is 4.74 Å². The first-order chi connectivity index (χ1) is 17.8. The predicted molar refractivity (Wildman–Crippen MR) is 137 cm³/mol. The van der Waals surface area contributed by atoms with Crippen molar-refractivity contribution in [1.82, 2.24) is 19.7 Å². The van der Waals surface area contributed by atoms with Crippen LogP contribution in [0.3, 0.4) is 0 Å². The van der Waals surface area contributed by atoms with Gasteiger partial charge in [0.2, 0.25) is 11.9 Å². The van der Waals surface area contributed by atoms with Crippen LogP contribution in [0.25, 0.3) is 0 Å². The fraction of sp³-hybridized carbons (Fsp3) is 0.115. The molecular weight excluding hydrogens is 477 g/mol. The third-order valence-electron chi connectivity index (χ3n) is 5.13. The van der Waals surface area contributed by atoms with Gasteiger partial charge < -0.3 is 15.4 Å². The third-order valence-corrected chi connectivity index (χ3v) is 5.13. The van der Waals surface area contributed by atoms with Crippen molar-refractivity contribution in [3.63, 3.8) is 0 Å². The highest BCUT2D eigenvalue weighted by Gasteiger charge is 2.23. The molecule has 0 radical (unpaired) electrons. The van der Waals surface area contributed by atoms with Gasteiger partial charge in [0.15, 0.2) is 5.82 Å². The molecule has 2 aromatic heterocycles. The Balaban J connectivity index is 1.66. The van der Waals surface area contributed by atoms with Gasteiger partial charge in [0.1, 0.15) is 18.2 Å². The molecule has 0 aliphatic heterocycles. The van der Waals surface area contributed by atoms with Crippen molar-refractivity contribution >= 4 is 41.0 Å². The largest absolute Gasteiger partial charge is 0.444 e. The average molecular weight is 502 g/mol. The van der Waals surface area contributed by atoms with Crippen molar-refractivity contribution in [3.8, 4) is 0 Å². The van der Waals surface area contributed by atoms with E-state index in [0.717, 1.165) is 11.6 Å². The Labute approximate surface area is 212 Å². The molecule has 0 bridgehead atoms. The van der Waals surface area contributed by atoms with Crippen LogP contribution in [0.4, 0.5) is 38.1 Å². The Morgan fingerprint density at radius 3 is 2.68 bits per heavy atom. The maximum absolute atomic E-state index is 13.3. The Morgan fingerprint density at radius 2 is 1.97 bits per heavy atom. The van der Waals surface area contributed by atoms with Gasteiger partial charge in [-0.25, -0.2) is 19.1 Å². The number of aromatic nitrogens is 4. The third kappa shape index (κ3) is 6.34. The highest BCUT2D eigenvalue weighted by atomic mass is 19.1. The monoisotopic (exact) mass is 501 g/mol. The number of halogens is 1. The van der Waals surface area contributed by atoms with E-state index in [0.29, 0.717) is 22.8 Å². The molecule has 11 heteroatoms. The number of carbonyl (C=O) groups is 2. The highest BCUT2D eigenvalue weighted by Crippen LogP contribution is 2.28. The summed E-state index contributed by atoms with van der Waals surface area (Å²) in [4.78, 5) is 35.1. The Kier molecular flexibility index (Phi) is 7.53. The first-order valence-corrected chi connectivity index (χ1v) is 11.2. The minimum Gasteiger partial charge on any atom is -0.444 e. The number of amides is 2. The van der Waals surface area contributed by atoms with E-state index in [2.05, 4.69) is 32.3 Å². The lowest BCUT2D eigenvalue weighted by molar-refractivity contribution is -0.111. The molecule has 4 aromatic rings. The summed E-state index contributed by atoms with van der Waals surface area (Å²) in [7, 11) is 1.80. The van der Waals surface area contributed by atoms with E-state index < -0.39 is 12.0 Å². The van der Waals surface area contributed by atoms with E-state index in [1.54, 1.807) is 42.1 Å². The van der Waals surface area contributed by atoms with Crippen molar-refractivity contribution in [3.05, 3.63) is 96.6 Å². The van der Waals surface area contributed by atoms with Crippen LogP contribution in [0.15, 0.2) is 79.6 Å². The Morgan fingerprint density at radius 1 is 1.19 bits per heavy atom. The van der Waals surface area contributed by atoms with Crippen molar-refractivity contribution in [2.24, 2.45) is 7.05 Å². The second-order valence-electron chi connectivity index (χ2n) is 7.96.